The number of Topliss-reactive ketones (excluding diaryl/α,β-unsaturated/α-hetero) is 1. The number of ketones is 1. The van der Waals surface area contributed by atoms with Crippen LogP contribution in [0.25, 0.3) is 0 Å². The summed E-state index contributed by atoms with van der Waals surface area (Å²) in [6.45, 7) is 3.46. The number of fused-ring (bicyclic) bond motifs is 1. The summed E-state index contributed by atoms with van der Waals surface area (Å²) in [6, 6.07) is 3.67. The molecular formula is C12H16N2O2. The topological polar surface area (TPSA) is 51.2 Å². The Kier molecular flexibility index (Phi) is 3.39. The highest BCUT2D eigenvalue weighted by atomic mass is 16.5. The van der Waals surface area contributed by atoms with Gasteiger partial charge in [-0.1, -0.05) is 13.3 Å². The summed E-state index contributed by atoms with van der Waals surface area (Å²) in [6.07, 6.45) is 2.61. The molecule has 2 heterocycles. The van der Waals surface area contributed by atoms with Crippen molar-refractivity contribution in [3.05, 3.63) is 17.8 Å². The van der Waals surface area contributed by atoms with E-state index in [1.165, 1.54) is 0 Å². The highest BCUT2D eigenvalue weighted by Crippen LogP contribution is 2.22. The predicted octanol–water partition coefficient (Wildman–Crippen LogP) is 2.26. The van der Waals surface area contributed by atoms with Gasteiger partial charge in [0.05, 0.1) is 12.3 Å². The number of hydrogen-bond acceptors (Lipinski definition) is 4. The minimum atomic E-state index is 0.0923. The fourth-order valence-electron chi connectivity index (χ4n) is 1.63. The van der Waals surface area contributed by atoms with Gasteiger partial charge in [-0.25, -0.2) is 4.98 Å². The molecule has 0 spiro atoms. The van der Waals surface area contributed by atoms with Gasteiger partial charge in [-0.2, -0.15) is 0 Å². The van der Waals surface area contributed by atoms with Gasteiger partial charge in [-0.15, -0.1) is 0 Å². The first-order valence-corrected chi connectivity index (χ1v) is 5.72. The maximum Gasteiger partial charge on any atom is 0.214 e. The lowest BCUT2D eigenvalue weighted by Crippen LogP contribution is -2.19. The van der Waals surface area contributed by atoms with E-state index in [0.717, 1.165) is 18.5 Å². The molecule has 4 heteroatoms. The molecule has 1 aliphatic rings. The molecule has 0 aliphatic carbocycles. The normalized spacial score (nSPS) is 14.2. The van der Waals surface area contributed by atoms with Crippen LogP contribution in [-0.2, 0) is 0 Å². The molecule has 1 aromatic heterocycles. The van der Waals surface area contributed by atoms with E-state index in [2.05, 4.69) is 17.2 Å². The minimum absolute atomic E-state index is 0.0923. The molecule has 0 atom stereocenters. The molecule has 16 heavy (non-hydrogen) atoms. The van der Waals surface area contributed by atoms with E-state index in [0.29, 0.717) is 31.1 Å². The molecule has 0 radical (unpaired) electrons. The lowest BCUT2D eigenvalue weighted by Gasteiger charge is -2.16. The second kappa shape index (κ2) is 4.96. The first kappa shape index (κ1) is 10.9. The third-order valence-electron chi connectivity index (χ3n) is 2.55. The summed E-state index contributed by atoms with van der Waals surface area (Å²) in [4.78, 5) is 15.8. The van der Waals surface area contributed by atoms with Gasteiger partial charge in [0.15, 0.2) is 5.78 Å². The number of aromatic nitrogens is 1. The fraction of sp³-hybridized carbons (Fsp3) is 0.500. The van der Waals surface area contributed by atoms with E-state index in [9.17, 15) is 4.79 Å². The Morgan fingerprint density at radius 3 is 3.19 bits per heavy atom. The van der Waals surface area contributed by atoms with Crippen molar-refractivity contribution in [3.63, 3.8) is 0 Å². The minimum Gasteiger partial charge on any atom is -0.478 e. The number of anilines is 1. The van der Waals surface area contributed by atoms with Gasteiger partial charge in [0.25, 0.3) is 0 Å². The van der Waals surface area contributed by atoms with E-state index in [1.807, 2.05) is 6.07 Å². The first-order valence-electron chi connectivity index (χ1n) is 5.72. The van der Waals surface area contributed by atoms with Crippen molar-refractivity contribution in [1.82, 2.24) is 4.98 Å². The highest BCUT2D eigenvalue weighted by Gasteiger charge is 2.18. The zero-order valence-electron chi connectivity index (χ0n) is 9.45. The predicted molar refractivity (Wildman–Crippen MR) is 62.1 cm³/mol. The zero-order chi connectivity index (χ0) is 11.4. The monoisotopic (exact) mass is 220 g/mol. The fourth-order valence-corrected chi connectivity index (χ4v) is 1.63. The van der Waals surface area contributed by atoms with Crippen LogP contribution >= 0.6 is 0 Å². The average Bonchev–Trinajstić information content (AvgIpc) is 2.30. The van der Waals surface area contributed by atoms with Crippen molar-refractivity contribution >= 4 is 11.5 Å². The summed E-state index contributed by atoms with van der Waals surface area (Å²) in [5.74, 6) is 0.638. The van der Waals surface area contributed by atoms with Crippen molar-refractivity contribution in [2.24, 2.45) is 0 Å². The Hall–Kier alpha value is -1.58. The highest BCUT2D eigenvalue weighted by molar-refractivity contribution is 6.01. The summed E-state index contributed by atoms with van der Waals surface area (Å²) >= 11 is 0. The molecule has 0 amide bonds. The van der Waals surface area contributed by atoms with Crippen molar-refractivity contribution < 1.29 is 9.53 Å². The molecular weight excluding hydrogens is 204 g/mol. The van der Waals surface area contributed by atoms with Gasteiger partial charge in [0, 0.05) is 19.0 Å². The maximum atomic E-state index is 11.6. The van der Waals surface area contributed by atoms with Crippen molar-refractivity contribution in [2.75, 3.05) is 18.5 Å². The Morgan fingerprint density at radius 1 is 1.50 bits per heavy atom. The number of ether oxygens (including phenoxy) is 1. The molecule has 1 N–H and O–H groups in total. The van der Waals surface area contributed by atoms with Crippen LogP contribution in [0.1, 0.15) is 36.7 Å². The molecule has 0 unspecified atom stereocenters. The van der Waals surface area contributed by atoms with Crippen molar-refractivity contribution in [1.29, 1.82) is 0 Å². The van der Waals surface area contributed by atoms with E-state index in [4.69, 9.17) is 4.74 Å². The molecule has 0 bridgehead atoms. The quantitative estimate of drug-likeness (QED) is 0.791. The second-order valence-corrected chi connectivity index (χ2v) is 3.85. The maximum absolute atomic E-state index is 11.6. The number of nitrogens with zero attached hydrogens (tertiary/aromatic N) is 1. The van der Waals surface area contributed by atoms with Crippen LogP contribution in [-0.4, -0.2) is 23.9 Å². The Balaban J connectivity index is 2.11. The second-order valence-electron chi connectivity index (χ2n) is 3.85. The SMILES string of the molecule is CCCCOc1ccc2c(n1)C(=O)CCN2. The molecule has 86 valence electrons. The van der Waals surface area contributed by atoms with Crippen LogP contribution in [0.3, 0.4) is 0 Å². The Bertz CT molecular complexity index is 391. The lowest BCUT2D eigenvalue weighted by molar-refractivity contribution is 0.0977. The molecule has 1 aromatic rings. The summed E-state index contributed by atoms with van der Waals surface area (Å²) < 4.78 is 5.47. The van der Waals surface area contributed by atoms with Gasteiger partial charge in [-0.05, 0) is 12.5 Å². The first-order chi connectivity index (χ1) is 7.81. The third kappa shape index (κ3) is 2.32. The molecule has 0 aromatic carbocycles. The van der Waals surface area contributed by atoms with E-state index >= 15 is 0 Å². The van der Waals surface area contributed by atoms with Crippen LogP contribution in [0.2, 0.25) is 0 Å². The van der Waals surface area contributed by atoms with Gasteiger partial charge in [0.1, 0.15) is 5.69 Å². The van der Waals surface area contributed by atoms with E-state index < -0.39 is 0 Å². The number of pyridine rings is 1. The number of nitrogens with one attached hydrogen (secondary N) is 1. The molecule has 2 rings (SSSR count). The smallest absolute Gasteiger partial charge is 0.214 e. The van der Waals surface area contributed by atoms with Crippen LogP contribution in [0.5, 0.6) is 5.88 Å². The van der Waals surface area contributed by atoms with Gasteiger partial charge >= 0.3 is 0 Å². The Labute approximate surface area is 95.0 Å². The summed E-state index contributed by atoms with van der Waals surface area (Å²) in [7, 11) is 0. The number of carbonyl (C=O) groups is 1. The largest absolute Gasteiger partial charge is 0.478 e. The molecule has 0 fully saturated rings. The molecule has 1 aliphatic heterocycles. The standard InChI is InChI=1S/C12H16N2O2/c1-2-3-8-16-11-5-4-9-12(14-11)10(15)6-7-13-9/h4-5,13H,2-3,6-8H2,1H3. The number of unbranched alkanes of at least 4 members (excludes halogenated alkanes) is 1. The lowest BCUT2D eigenvalue weighted by atomic mass is 10.1. The van der Waals surface area contributed by atoms with E-state index in [-0.39, 0.29) is 5.78 Å². The number of carbonyl (C=O) groups excluding carboxylic acids is 1. The van der Waals surface area contributed by atoms with E-state index in [1.54, 1.807) is 6.07 Å². The molecule has 0 saturated heterocycles. The summed E-state index contributed by atoms with van der Waals surface area (Å²) in [5.41, 5.74) is 1.33. The Morgan fingerprint density at radius 2 is 2.38 bits per heavy atom. The van der Waals surface area contributed by atoms with Crippen LogP contribution in [0, 0.1) is 0 Å². The van der Waals surface area contributed by atoms with Gasteiger partial charge < -0.3 is 10.1 Å². The number of rotatable bonds is 4. The van der Waals surface area contributed by atoms with Gasteiger partial charge in [0.2, 0.25) is 5.88 Å². The zero-order valence-corrected chi connectivity index (χ0v) is 9.45. The molecule has 4 nitrogen and oxygen atoms in total. The molecule has 0 saturated carbocycles. The third-order valence-corrected chi connectivity index (χ3v) is 2.55. The van der Waals surface area contributed by atoms with Crippen molar-refractivity contribution in [3.8, 4) is 5.88 Å². The number of hydrogen-bond donors (Lipinski definition) is 1. The van der Waals surface area contributed by atoms with Crippen molar-refractivity contribution in [2.45, 2.75) is 26.2 Å². The summed E-state index contributed by atoms with van der Waals surface area (Å²) in [5, 5.41) is 3.15. The van der Waals surface area contributed by atoms with Crippen LogP contribution in [0.4, 0.5) is 5.69 Å². The van der Waals surface area contributed by atoms with Crippen LogP contribution in [0.15, 0.2) is 12.1 Å². The average molecular weight is 220 g/mol. The van der Waals surface area contributed by atoms with Gasteiger partial charge in [-0.3, -0.25) is 4.79 Å². The van der Waals surface area contributed by atoms with Crippen LogP contribution < -0.4 is 10.1 Å².